The van der Waals surface area contributed by atoms with Gasteiger partial charge in [0.25, 0.3) is 0 Å². The van der Waals surface area contributed by atoms with Crippen LogP contribution >= 0.6 is 12.4 Å². The highest BCUT2D eigenvalue weighted by Crippen LogP contribution is 2.14. The van der Waals surface area contributed by atoms with Gasteiger partial charge in [0.1, 0.15) is 0 Å². The lowest BCUT2D eigenvalue weighted by molar-refractivity contribution is 0.379. The maximum atomic E-state index is 4.53. The van der Waals surface area contributed by atoms with E-state index in [1.54, 1.807) is 0 Å². The van der Waals surface area contributed by atoms with Crippen molar-refractivity contribution in [3.8, 4) is 0 Å². The van der Waals surface area contributed by atoms with Gasteiger partial charge in [-0.3, -0.25) is 0 Å². The minimum Gasteiger partial charge on any atom is -0.309 e. The molecule has 4 heteroatoms. The lowest BCUT2D eigenvalue weighted by atomic mass is 10.0. The number of hydrogen-bond acceptors (Lipinski definition) is 3. The van der Waals surface area contributed by atoms with E-state index in [1.165, 1.54) is 70.6 Å². The first-order chi connectivity index (χ1) is 10.7. The predicted octanol–water partition coefficient (Wildman–Crippen LogP) is 5.84. The van der Waals surface area contributed by atoms with E-state index >= 15 is 0 Å². The van der Waals surface area contributed by atoms with Gasteiger partial charge in [-0.15, -0.1) is 12.4 Å². The molecule has 0 saturated heterocycles. The molecule has 0 saturated carbocycles. The molecular weight excluding hydrogens is 306 g/mol. The van der Waals surface area contributed by atoms with E-state index in [0.29, 0.717) is 6.04 Å². The van der Waals surface area contributed by atoms with Crippen LogP contribution in [0.25, 0.3) is 0 Å². The second-order valence-corrected chi connectivity index (χ2v) is 6.57. The molecule has 138 valence electrons. The summed E-state index contributed by atoms with van der Waals surface area (Å²) in [5.74, 6) is 0. The average Bonchev–Trinajstić information content (AvgIpc) is 2.49. The smallest absolute Gasteiger partial charge is 0.0895 e. The Kier molecular flexibility index (Phi) is 21.3. The number of nitrogens with zero attached hydrogens (tertiary/aromatic N) is 3. The highest BCUT2D eigenvalue weighted by molar-refractivity contribution is 5.85. The Morgan fingerprint density at radius 3 is 1.96 bits per heavy atom. The first kappa shape index (κ1) is 24.9. The van der Waals surface area contributed by atoms with Gasteiger partial charge in [-0.25, -0.2) is 9.98 Å². The summed E-state index contributed by atoms with van der Waals surface area (Å²) in [6, 6.07) is 3.31. The van der Waals surface area contributed by atoms with Gasteiger partial charge >= 0.3 is 0 Å². The van der Waals surface area contributed by atoms with Crippen molar-refractivity contribution in [2.75, 3.05) is 27.2 Å². The Hall–Kier alpha value is -0.370. The molecule has 0 aromatic rings. The molecule has 0 aromatic carbocycles. The van der Waals surface area contributed by atoms with E-state index in [1.807, 2.05) is 6.92 Å². The van der Waals surface area contributed by atoms with Crippen LogP contribution in [0.5, 0.6) is 0 Å². The van der Waals surface area contributed by atoms with Crippen LogP contribution in [-0.4, -0.2) is 44.1 Å². The number of rotatable bonds is 15. The molecule has 0 amide bonds. The maximum absolute atomic E-state index is 4.53. The number of halogens is 1. The van der Waals surface area contributed by atoms with Crippen molar-refractivity contribution in [2.45, 2.75) is 90.5 Å². The quantitative estimate of drug-likeness (QED) is 0.270. The second kappa shape index (κ2) is 19.7. The fourth-order valence-corrected chi connectivity index (χ4v) is 2.62. The van der Waals surface area contributed by atoms with Crippen LogP contribution in [0.15, 0.2) is 9.98 Å². The van der Waals surface area contributed by atoms with Gasteiger partial charge < -0.3 is 4.90 Å². The van der Waals surface area contributed by atoms with Crippen molar-refractivity contribution in [1.29, 1.82) is 0 Å². The highest BCUT2D eigenvalue weighted by atomic mass is 35.5. The molecule has 0 aliphatic heterocycles. The summed E-state index contributed by atoms with van der Waals surface area (Å²) in [7, 11) is 4.27. The molecule has 0 aliphatic rings. The monoisotopic (exact) mass is 345 g/mol. The van der Waals surface area contributed by atoms with Crippen LogP contribution in [-0.2, 0) is 0 Å². The number of unbranched alkanes of at least 4 members (excludes halogenated alkanes) is 7. The summed E-state index contributed by atoms with van der Waals surface area (Å²) in [5, 5.41) is 0. The molecule has 0 aliphatic carbocycles. The van der Waals surface area contributed by atoms with E-state index in [2.05, 4.69) is 41.9 Å². The normalized spacial score (nSPS) is 11.7. The van der Waals surface area contributed by atoms with E-state index in [0.717, 1.165) is 13.1 Å². The topological polar surface area (TPSA) is 28.0 Å². The molecule has 1 atom stereocenters. The summed E-state index contributed by atoms with van der Waals surface area (Å²) >= 11 is 0. The molecule has 0 aromatic heterocycles. The lowest BCUT2D eigenvalue weighted by Gasteiger charge is -2.13. The third-order valence-electron chi connectivity index (χ3n) is 4.00. The van der Waals surface area contributed by atoms with Gasteiger partial charge in [-0.1, -0.05) is 58.3 Å². The van der Waals surface area contributed by atoms with Gasteiger partial charge in [-0.05, 0) is 46.8 Å². The molecule has 0 spiro atoms. The number of hydrogen-bond donors (Lipinski definition) is 0. The Morgan fingerprint density at radius 2 is 1.39 bits per heavy atom. The lowest BCUT2D eigenvalue weighted by Crippen LogP contribution is -2.15. The van der Waals surface area contributed by atoms with Gasteiger partial charge in [-0.2, -0.15) is 0 Å². The van der Waals surface area contributed by atoms with Crippen LogP contribution in [0, 0.1) is 0 Å². The van der Waals surface area contributed by atoms with Gasteiger partial charge in [0.05, 0.1) is 12.1 Å². The van der Waals surface area contributed by atoms with Crippen LogP contribution < -0.4 is 0 Å². The minimum absolute atomic E-state index is 0. The molecule has 0 bridgehead atoms. The first-order valence-corrected chi connectivity index (χ1v) is 9.46. The van der Waals surface area contributed by atoms with E-state index < -0.39 is 0 Å². The summed E-state index contributed by atoms with van der Waals surface area (Å²) in [5.41, 5.74) is 0. The summed E-state index contributed by atoms with van der Waals surface area (Å²) in [4.78, 5) is 10.9. The van der Waals surface area contributed by atoms with Crippen LogP contribution in [0.3, 0.4) is 0 Å². The molecule has 0 rings (SSSR count). The van der Waals surface area contributed by atoms with Crippen molar-refractivity contribution < 1.29 is 0 Å². The average molecular weight is 346 g/mol. The second-order valence-electron chi connectivity index (χ2n) is 6.57. The van der Waals surface area contributed by atoms with E-state index in [9.17, 15) is 0 Å². The third-order valence-corrected chi connectivity index (χ3v) is 4.00. The van der Waals surface area contributed by atoms with Crippen molar-refractivity contribution in [3.63, 3.8) is 0 Å². The van der Waals surface area contributed by atoms with Crippen molar-refractivity contribution in [1.82, 2.24) is 4.90 Å². The molecule has 3 nitrogen and oxygen atoms in total. The van der Waals surface area contributed by atoms with Gasteiger partial charge in [0, 0.05) is 6.54 Å². The molecule has 0 heterocycles. The predicted molar refractivity (Wildman–Crippen MR) is 106 cm³/mol. The molecule has 0 radical (unpaired) electrons. The maximum Gasteiger partial charge on any atom is 0.0895 e. The highest BCUT2D eigenvalue weighted by Gasteiger charge is 2.06. The largest absolute Gasteiger partial charge is 0.309 e. The van der Waals surface area contributed by atoms with Crippen LogP contribution in [0.1, 0.15) is 84.5 Å². The molecule has 23 heavy (non-hydrogen) atoms. The van der Waals surface area contributed by atoms with Crippen LogP contribution in [0.2, 0.25) is 0 Å². The fraction of sp³-hybridized carbons (Fsp3) is 0.947. The van der Waals surface area contributed by atoms with Gasteiger partial charge in [0.15, 0.2) is 0 Å². The fourth-order valence-electron chi connectivity index (χ4n) is 2.62. The van der Waals surface area contributed by atoms with Crippen molar-refractivity contribution in [3.05, 3.63) is 0 Å². The zero-order chi connectivity index (χ0) is 16.5. The Morgan fingerprint density at radius 1 is 0.826 bits per heavy atom. The third kappa shape index (κ3) is 19.6. The Labute approximate surface area is 151 Å². The SMILES string of the molecule is CCCCCCCCCCC(CCCN(C)C)N=C=NCC.Cl. The van der Waals surface area contributed by atoms with Crippen LogP contribution in [0.4, 0.5) is 0 Å². The molecule has 0 fully saturated rings. The molecular formula is C19H40ClN3. The van der Waals surface area contributed by atoms with Crippen molar-refractivity contribution in [2.24, 2.45) is 9.98 Å². The van der Waals surface area contributed by atoms with E-state index in [-0.39, 0.29) is 12.4 Å². The zero-order valence-corrected chi connectivity index (χ0v) is 16.8. The molecule has 0 N–H and O–H groups in total. The summed E-state index contributed by atoms with van der Waals surface area (Å²) < 4.78 is 0. The van der Waals surface area contributed by atoms with Gasteiger partial charge in [0.2, 0.25) is 0 Å². The Balaban J connectivity index is 0. The number of aliphatic imine (C=N–C) groups is 2. The zero-order valence-electron chi connectivity index (χ0n) is 16.0. The standard InChI is InChI=1S/C19H39N3.ClH/c1-5-7-8-9-10-11-12-13-15-19(21-18-20-6-2)16-14-17-22(3)4;/h19H,5-17H2,1-4H3;1H. The summed E-state index contributed by atoms with van der Waals surface area (Å²) in [6.07, 6.45) is 14.6. The summed E-state index contributed by atoms with van der Waals surface area (Å²) in [6.45, 7) is 6.24. The van der Waals surface area contributed by atoms with E-state index in [4.69, 9.17) is 0 Å². The van der Waals surface area contributed by atoms with Crippen molar-refractivity contribution >= 4 is 18.4 Å². The molecule has 1 unspecified atom stereocenters. The Bertz CT molecular complexity index is 286. The minimum atomic E-state index is 0. The first-order valence-electron chi connectivity index (χ1n) is 9.46.